The summed E-state index contributed by atoms with van der Waals surface area (Å²) in [5.74, 6) is 0.612. The molecular formula is C16H27NO. The van der Waals surface area contributed by atoms with E-state index in [4.69, 9.17) is 5.73 Å². The van der Waals surface area contributed by atoms with Crippen LogP contribution in [0.2, 0.25) is 0 Å². The van der Waals surface area contributed by atoms with Gasteiger partial charge in [-0.3, -0.25) is 0 Å². The summed E-state index contributed by atoms with van der Waals surface area (Å²) in [6, 6.07) is 8.20. The minimum absolute atomic E-state index is 0.238. The van der Waals surface area contributed by atoms with Crippen molar-refractivity contribution in [2.45, 2.75) is 46.6 Å². The monoisotopic (exact) mass is 249 g/mol. The van der Waals surface area contributed by atoms with E-state index in [0.29, 0.717) is 5.92 Å². The number of benzene rings is 1. The van der Waals surface area contributed by atoms with Crippen LogP contribution in [0.4, 0.5) is 0 Å². The van der Waals surface area contributed by atoms with Crippen molar-refractivity contribution >= 4 is 0 Å². The maximum Gasteiger partial charge on any atom is 0.107 e. The molecule has 0 amide bonds. The largest absolute Gasteiger partial charge is 0.383 e. The summed E-state index contributed by atoms with van der Waals surface area (Å²) in [7, 11) is 0. The van der Waals surface area contributed by atoms with Gasteiger partial charge in [0.1, 0.15) is 5.60 Å². The summed E-state index contributed by atoms with van der Waals surface area (Å²) in [5, 5.41) is 10.9. The van der Waals surface area contributed by atoms with Gasteiger partial charge < -0.3 is 10.8 Å². The lowest BCUT2D eigenvalue weighted by Gasteiger charge is -2.40. The van der Waals surface area contributed by atoms with Gasteiger partial charge in [0.2, 0.25) is 0 Å². The lowest BCUT2D eigenvalue weighted by molar-refractivity contribution is -0.0557. The van der Waals surface area contributed by atoms with Crippen LogP contribution in [0.3, 0.4) is 0 Å². The van der Waals surface area contributed by atoms with Crippen LogP contribution in [0.1, 0.15) is 45.7 Å². The molecule has 0 aliphatic rings. The van der Waals surface area contributed by atoms with Gasteiger partial charge in [-0.1, -0.05) is 58.9 Å². The lowest BCUT2D eigenvalue weighted by Crippen LogP contribution is -2.46. The molecule has 0 aliphatic heterocycles. The average Bonchev–Trinajstić information content (AvgIpc) is 2.25. The molecule has 2 heteroatoms. The Morgan fingerprint density at radius 3 is 2.28 bits per heavy atom. The highest BCUT2D eigenvalue weighted by Gasteiger charge is 2.40. The molecule has 1 aromatic rings. The van der Waals surface area contributed by atoms with Crippen LogP contribution in [-0.4, -0.2) is 11.7 Å². The third-order valence-corrected chi connectivity index (χ3v) is 3.58. The van der Waals surface area contributed by atoms with Gasteiger partial charge in [-0.2, -0.15) is 0 Å². The quantitative estimate of drug-likeness (QED) is 0.861. The Morgan fingerprint density at radius 1 is 1.22 bits per heavy atom. The minimum Gasteiger partial charge on any atom is -0.383 e. The highest BCUT2D eigenvalue weighted by molar-refractivity contribution is 5.30. The normalized spacial score (nSPS) is 15.8. The topological polar surface area (TPSA) is 46.2 Å². The molecule has 0 heterocycles. The van der Waals surface area contributed by atoms with Crippen molar-refractivity contribution in [2.24, 2.45) is 17.1 Å². The molecular weight excluding hydrogens is 222 g/mol. The first-order valence-corrected chi connectivity index (χ1v) is 6.72. The summed E-state index contributed by atoms with van der Waals surface area (Å²) >= 11 is 0. The molecule has 0 spiro atoms. The van der Waals surface area contributed by atoms with Crippen molar-refractivity contribution in [3.05, 3.63) is 35.4 Å². The second kappa shape index (κ2) is 5.41. The molecule has 2 nitrogen and oxygen atoms in total. The fourth-order valence-electron chi connectivity index (χ4n) is 2.28. The van der Waals surface area contributed by atoms with Crippen LogP contribution in [-0.2, 0) is 12.0 Å². The van der Waals surface area contributed by atoms with Crippen molar-refractivity contribution in [3.8, 4) is 0 Å². The van der Waals surface area contributed by atoms with E-state index in [0.717, 1.165) is 12.0 Å². The van der Waals surface area contributed by atoms with Crippen molar-refractivity contribution in [1.82, 2.24) is 0 Å². The molecule has 0 aliphatic carbocycles. The van der Waals surface area contributed by atoms with E-state index in [1.165, 1.54) is 5.56 Å². The van der Waals surface area contributed by atoms with E-state index in [2.05, 4.69) is 26.0 Å². The van der Waals surface area contributed by atoms with Crippen LogP contribution in [0, 0.1) is 11.3 Å². The molecule has 1 atom stereocenters. The van der Waals surface area contributed by atoms with Crippen LogP contribution in [0.5, 0.6) is 0 Å². The molecule has 0 radical (unpaired) electrons. The summed E-state index contributed by atoms with van der Waals surface area (Å²) in [4.78, 5) is 0. The van der Waals surface area contributed by atoms with Crippen molar-refractivity contribution in [3.63, 3.8) is 0 Å². The van der Waals surface area contributed by atoms with E-state index in [9.17, 15) is 5.11 Å². The van der Waals surface area contributed by atoms with E-state index >= 15 is 0 Å². The Bertz CT molecular complexity index is 392. The van der Waals surface area contributed by atoms with Crippen LogP contribution >= 0.6 is 0 Å². The van der Waals surface area contributed by atoms with E-state index in [1.54, 1.807) is 0 Å². The van der Waals surface area contributed by atoms with Gasteiger partial charge >= 0.3 is 0 Å². The zero-order valence-electron chi connectivity index (χ0n) is 12.3. The maximum absolute atomic E-state index is 10.9. The van der Waals surface area contributed by atoms with E-state index < -0.39 is 5.60 Å². The van der Waals surface area contributed by atoms with Gasteiger partial charge in [0.25, 0.3) is 0 Å². The van der Waals surface area contributed by atoms with Crippen molar-refractivity contribution in [1.29, 1.82) is 0 Å². The van der Waals surface area contributed by atoms with Crippen LogP contribution in [0.15, 0.2) is 24.3 Å². The lowest BCUT2D eigenvalue weighted by atomic mass is 9.72. The predicted molar refractivity (Wildman–Crippen MR) is 77.4 cm³/mol. The summed E-state index contributed by atoms with van der Waals surface area (Å²) < 4.78 is 0. The first-order chi connectivity index (χ1) is 8.20. The Hall–Kier alpha value is -0.860. The van der Waals surface area contributed by atoms with Gasteiger partial charge in [0.15, 0.2) is 0 Å². The van der Waals surface area contributed by atoms with E-state index in [1.807, 2.05) is 32.9 Å². The zero-order chi connectivity index (χ0) is 14.0. The Labute approximate surface area is 111 Å². The first-order valence-electron chi connectivity index (χ1n) is 6.72. The molecule has 1 aromatic carbocycles. The highest BCUT2D eigenvalue weighted by Crippen LogP contribution is 2.38. The molecule has 3 N–H and O–H groups in total. The van der Waals surface area contributed by atoms with Crippen molar-refractivity contribution in [2.75, 3.05) is 6.54 Å². The van der Waals surface area contributed by atoms with Crippen molar-refractivity contribution < 1.29 is 5.11 Å². The molecule has 102 valence electrons. The number of aliphatic hydroxyl groups is 1. The molecule has 0 bridgehead atoms. The Balaban J connectivity index is 3.15. The fourth-order valence-corrected chi connectivity index (χ4v) is 2.28. The number of nitrogens with two attached hydrogens (primary N) is 1. The van der Waals surface area contributed by atoms with Gasteiger partial charge in [-0.05, 0) is 28.9 Å². The predicted octanol–water partition coefficient (Wildman–Crippen LogP) is 3.08. The Kier molecular flexibility index (Phi) is 4.57. The fraction of sp³-hybridized carbons (Fsp3) is 0.625. The highest BCUT2D eigenvalue weighted by atomic mass is 16.3. The van der Waals surface area contributed by atoms with Gasteiger partial charge in [-0.15, -0.1) is 0 Å². The summed E-state index contributed by atoms with van der Waals surface area (Å²) in [6.07, 6.45) is 1.03. The molecule has 1 rings (SSSR count). The third kappa shape index (κ3) is 3.12. The molecule has 0 fully saturated rings. The second-order valence-corrected chi connectivity index (χ2v) is 6.61. The van der Waals surface area contributed by atoms with Crippen LogP contribution in [0.25, 0.3) is 0 Å². The van der Waals surface area contributed by atoms with Crippen LogP contribution < -0.4 is 5.73 Å². The van der Waals surface area contributed by atoms with Gasteiger partial charge in [0, 0.05) is 6.54 Å². The standard InChI is InChI=1S/C16H27NO/c1-12(2)9-13-7-6-8-14(10-13)16(18,11-17)15(3,4)5/h6-8,10,12,18H,9,11,17H2,1-5H3. The van der Waals surface area contributed by atoms with Gasteiger partial charge in [0.05, 0.1) is 0 Å². The molecule has 1 unspecified atom stereocenters. The Morgan fingerprint density at radius 2 is 1.83 bits per heavy atom. The minimum atomic E-state index is -0.972. The summed E-state index contributed by atoms with van der Waals surface area (Å²) in [6.45, 7) is 10.7. The van der Waals surface area contributed by atoms with E-state index in [-0.39, 0.29) is 12.0 Å². The van der Waals surface area contributed by atoms with Gasteiger partial charge in [-0.25, -0.2) is 0 Å². The second-order valence-electron chi connectivity index (χ2n) is 6.61. The smallest absolute Gasteiger partial charge is 0.107 e. The SMILES string of the molecule is CC(C)Cc1cccc(C(O)(CN)C(C)(C)C)c1. The third-order valence-electron chi connectivity index (χ3n) is 3.58. The molecule has 0 saturated carbocycles. The maximum atomic E-state index is 10.9. The number of rotatable bonds is 4. The number of hydrogen-bond donors (Lipinski definition) is 2. The zero-order valence-corrected chi connectivity index (χ0v) is 12.3. The first kappa shape index (κ1) is 15.2. The average molecular weight is 249 g/mol. The number of hydrogen-bond acceptors (Lipinski definition) is 2. The molecule has 0 aromatic heterocycles. The molecule has 0 saturated heterocycles. The molecule has 18 heavy (non-hydrogen) atoms. The summed E-state index contributed by atoms with van der Waals surface area (Å²) in [5.41, 5.74) is 6.76.